The third kappa shape index (κ3) is 4.89. The van der Waals surface area contributed by atoms with E-state index in [0.29, 0.717) is 30.5 Å². The number of benzene rings is 3. The van der Waals surface area contributed by atoms with Gasteiger partial charge in [0.05, 0.1) is 24.9 Å². The summed E-state index contributed by atoms with van der Waals surface area (Å²) < 4.78 is 108. The minimum atomic E-state index is -1.73. The van der Waals surface area contributed by atoms with Crippen LogP contribution in [0, 0.1) is 53.6 Å². The summed E-state index contributed by atoms with van der Waals surface area (Å²) in [5.74, 6) is -9.31. The van der Waals surface area contributed by atoms with Crippen LogP contribution in [0.15, 0.2) is 36.4 Å². The summed E-state index contributed by atoms with van der Waals surface area (Å²) in [6, 6.07) is 5.34. The Hall–Kier alpha value is -3.07. The first-order valence-corrected chi connectivity index (χ1v) is 10.5. The Morgan fingerprint density at radius 3 is 1.88 bits per heavy atom. The van der Waals surface area contributed by atoms with E-state index >= 15 is 0 Å². The Morgan fingerprint density at radius 1 is 0.765 bits per heavy atom. The molecule has 0 N–H and O–H groups in total. The van der Waals surface area contributed by atoms with Gasteiger partial charge in [-0.15, -0.1) is 0 Å². The lowest BCUT2D eigenvalue weighted by atomic mass is 9.93. The maximum Gasteiger partial charge on any atom is 0.194 e. The van der Waals surface area contributed by atoms with Gasteiger partial charge in [-0.3, -0.25) is 0 Å². The molecule has 1 fully saturated rings. The normalized spacial score (nSPS) is 18.2. The average Bonchev–Trinajstić information content (AvgIpc) is 2.76. The molecule has 0 aliphatic carbocycles. The molecule has 0 amide bonds. The quantitative estimate of drug-likeness (QED) is 0.282. The van der Waals surface area contributed by atoms with E-state index in [4.69, 9.17) is 9.47 Å². The van der Waals surface area contributed by atoms with Crippen molar-refractivity contribution in [3.63, 3.8) is 0 Å². The summed E-state index contributed by atoms with van der Waals surface area (Å²) in [4.78, 5) is 0. The number of hydrogen-bond donors (Lipinski definition) is 0. The fourth-order valence-electron chi connectivity index (χ4n) is 3.98. The second-order valence-electron chi connectivity index (χ2n) is 8.25. The lowest BCUT2D eigenvalue weighted by molar-refractivity contribution is -0.0294. The zero-order valence-electron chi connectivity index (χ0n) is 17.9. The van der Waals surface area contributed by atoms with Gasteiger partial charge in [-0.25, -0.2) is 30.7 Å². The van der Waals surface area contributed by atoms with Crippen molar-refractivity contribution >= 4 is 0 Å². The topological polar surface area (TPSA) is 18.5 Å². The van der Waals surface area contributed by atoms with Crippen LogP contribution in [0.25, 0.3) is 11.1 Å². The first-order valence-electron chi connectivity index (χ1n) is 10.5. The Morgan fingerprint density at radius 2 is 1.35 bits per heavy atom. The Labute approximate surface area is 190 Å². The van der Waals surface area contributed by atoms with Crippen molar-refractivity contribution in [2.24, 2.45) is 5.92 Å². The van der Waals surface area contributed by atoms with Gasteiger partial charge in [-0.05, 0) is 72.9 Å². The third-order valence-electron chi connectivity index (χ3n) is 5.68. The van der Waals surface area contributed by atoms with E-state index in [0.717, 1.165) is 24.3 Å². The minimum Gasteiger partial charge on any atom is -0.487 e. The minimum absolute atomic E-state index is 0.00697. The molecule has 1 aliphatic heterocycles. The molecule has 0 bridgehead atoms. The van der Waals surface area contributed by atoms with Crippen molar-refractivity contribution in [1.82, 2.24) is 0 Å². The van der Waals surface area contributed by atoms with Gasteiger partial charge >= 0.3 is 0 Å². The molecule has 2 nitrogen and oxygen atoms in total. The largest absolute Gasteiger partial charge is 0.487 e. The number of hydrogen-bond acceptors (Lipinski definition) is 2. The summed E-state index contributed by atoms with van der Waals surface area (Å²) in [7, 11) is 0. The average molecular weight is 484 g/mol. The van der Waals surface area contributed by atoms with Crippen LogP contribution in [0.5, 0.6) is 5.75 Å². The highest BCUT2D eigenvalue weighted by Gasteiger charge is 2.27. The Balaban J connectivity index is 1.43. The van der Waals surface area contributed by atoms with E-state index in [-0.39, 0.29) is 24.7 Å². The molecule has 0 aromatic heterocycles. The van der Waals surface area contributed by atoms with Crippen molar-refractivity contribution in [2.45, 2.75) is 25.9 Å². The Bertz CT molecular complexity index is 1150. The molecule has 1 aliphatic rings. The zero-order chi connectivity index (χ0) is 24.6. The van der Waals surface area contributed by atoms with Crippen LogP contribution in [0.2, 0.25) is 0 Å². The molecular weight excluding hydrogens is 465 g/mol. The van der Waals surface area contributed by atoms with Crippen molar-refractivity contribution in [3.8, 4) is 16.9 Å². The van der Waals surface area contributed by atoms with Crippen LogP contribution in [-0.4, -0.2) is 13.2 Å². The SMILES string of the molecule is Cc1cc(F)c(OCC2CCC(c3cc(F)c(-c4cc(F)c(F)c(F)c4)c(F)c3)OC2)c(F)c1. The smallest absolute Gasteiger partial charge is 0.194 e. The maximum atomic E-state index is 14.7. The highest BCUT2D eigenvalue weighted by atomic mass is 19.2. The predicted molar refractivity (Wildman–Crippen MR) is 110 cm³/mol. The van der Waals surface area contributed by atoms with Crippen LogP contribution < -0.4 is 4.74 Å². The molecule has 1 heterocycles. The predicted octanol–water partition coefficient (Wildman–Crippen LogP) is 7.18. The molecule has 3 aromatic carbocycles. The maximum absolute atomic E-state index is 14.7. The van der Waals surface area contributed by atoms with E-state index in [2.05, 4.69) is 0 Å². The third-order valence-corrected chi connectivity index (χ3v) is 5.68. The van der Waals surface area contributed by atoms with Gasteiger partial charge in [0.25, 0.3) is 0 Å². The van der Waals surface area contributed by atoms with E-state index < -0.39 is 63.7 Å². The van der Waals surface area contributed by atoms with Crippen LogP contribution in [0.4, 0.5) is 30.7 Å². The number of halogens is 7. The molecular formula is C25H19F7O2. The summed E-state index contributed by atoms with van der Waals surface area (Å²) in [6.07, 6.45) is 0.188. The molecule has 34 heavy (non-hydrogen) atoms. The number of rotatable bonds is 5. The molecule has 180 valence electrons. The van der Waals surface area contributed by atoms with Gasteiger partial charge in [-0.1, -0.05) is 0 Å². The van der Waals surface area contributed by atoms with Crippen LogP contribution >= 0.6 is 0 Å². The molecule has 0 spiro atoms. The van der Waals surface area contributed by atoms with Gasteiger partial charge < -0.3 is 9.47 Å². The first-order chi connectivity index (χ1) is 16.1. The van der Waals surface area contributed by atoms with Gasteiger partial charge in [-0.2, -0.15) is 0 Å². The van der Waals surface area contributed by atoms with E-state index in [9.17, 15) is 30.7 Å². The van der Waals surface area contributed by atoms with Crippen LogP contribution in [0.3, 0.4) is 0 Å². The van der Waals surface area contributed by atoms with E-state index in [1.807, 2.05) is 0 Å². The second kappa shape index (κ2) is 9.66. The highest BCUT2D eigenvalue weighted by molar-refractivity contribution is 5.65. The number of aryl methyl sites for hydroxylation is 1. The van der Waals surface area contributed by atoms with Crippen molar-refractivity contribution in [3.05, 3.63) is 88.2 Å². The Kier molecular flexibility index (Phi) is 6.84. The summed E-state index contributed by atoms with van der Waals surface area (Å²) in [5, 5.41) is 0. The van der Waals surface area contributed by atoms with E-state index in [1.165, 1.54) is 0 Å². The fourth-order valence-corrected chi connectivity index (χ4v) is 3.98. The molecule has 2 unspecified atom stereocenters. The standard InChI is InChI=1S/C25H19F7O2/c1-12-4-20(30)25(21(31)5-12)34-11-13-2-3-22(33-10-13)14-6-16(26)23(17(27)7-14)15-8-18(28)24(32)19(29)9-15/h4-9,13,22H,2-3,10-11H2,1H3. The summed E-state index contributed by atoms with van der Waals surface area (Å²) >= 11 is 0. The monoisotopic (exact) mass is 484 g/mol. The van der Waals surface area contributed by atoms with Crippen molar-refractivity contribution in [2.75, 3.05) is 13.2 Å². The molecule has 2 atom stereocenters. The molecule has 0 radical (unpaired) electrons. The van der Waals surface area contributed by atoms with Crippen molar-refractivity contribution in [1.29, 1.82) is 0 Å². The summed E-state index contributed by atoms with van der Waals surface area (Å²) in [6.45, 7) is 1.67. The first kappa shape index (κ1) is 24.1. The van der Waals surface area contributed by atoms with Gasteiger partial charge in [0, 0.05) is 5.92 Å². The fraction of sp³-hybridized carbons (Fsp3) is 0.280. The molecule has 1 saturated heterocycles. The molecule has 9 heteroatoms. The lowest BCUT2D eigenvalue weighted by Crippen LogP contribution is -2.26. The van der Waals surface area contributed by atoms with Gasteiger partial charge in [0.1, 0.15) is 11.6 Å². The lowest BCUT2D eigenvalue weighted by Gasteiger charge is -2.29. The number of ether oxygens (including phenoxy) is 2. The van der Waals surface area contributed by atoms with Crippen LogP contribution in [-0.2, 0) is 4.74 Å². The van der Waals surface area contributed by atoms with Gasteiger partial charge in [0.2, 0.25) is 0 Å². The molecule has 3 aromatic rings. The molecule has 0 saturated carbocycles. The highest BCUT2D eigenvalue weighted by Crippen LogP contribution is 2.36. The van der Waals surface area contributed by atoms with Crippen molar-refractivity contribution < 1.29 is 40.2 Å². The van der Waals surface area contributed by atoms with Crippen LogP contribution in [0.1, 0.15) is 30.1 Å². The van der Waals surface area contributed by atoms with E-state index in [1.54, 1.807) is 6.92 Å². The zero-order valence-corrected chi connectivity index (χ0v) is 17.9. The molecule has 4 rings (SSSR count). The van der Waals surface area contributed by atoms with Gasteiger partial charge in [0.15, 0.2) is 34.8 Å². The summed E-state index contributed by atoms with van der Waals surface area (Å²) in [5.41, 5.74) is -0.566. The second-order valence-corrected chi connectivity index (χ2v) is 8.25.